The number of aromatic nitrogens is 1. The van der Waals surface area contributed by atoms with E-state index in [-0.39, 0.29) is 23.7 Å². The number of carbonyl (C=O) groups is 1. The molecule has 0 saturated heterocycles. The molecule has 0 spiro atoms. The number of benzene rings is 1. The van der Waals surface area contributed by atoms with E-state index < -0.39 is 10.9 Å². The molecule has 0 radical (unpaired) electrons. The van der Waals surface area contributed by atoms with Gasteiger partial charge in [-0.15, -0.1) is 0 Å². The number of non-ortho nitro benzene ring substituents is 1. The van der Waals surface area contributed by atoms with Crippen molar-refractivity contribution in [3.05, 3.63) is 34.0 Å². The highest BCUT2D eigenvalue weighted by Gasteiger charge is 2.18. The lowest BCUT2D eigenvalue weighted by molar-refractivity contribution is -0.383. The van der Waals surface area contributed by atoms with Gasteiger partial charge in [-0.05, 0) is 19.1 Å². The molecule has 7 nitrogen and oxygen atoms in total. The third-order valence-corrected chi connectivity index (χ3v) is 2.43. The molecule has 0 saturated carbocycles. The van der Waals surface area contributed by atoms with Crippen molar-refractivity contribution in [3.8, 4) is 0 Å². The van der Waals surface area contributed by atoms with Gasteiger partial charge in [0.15, 0.2) is 0 Å². The van der Waals surface area contributed by atoms with E-state index in [1.54, 1.807) is 6.92 Å². The van der Waals surface area contributed by atoms with Crippen LogP contribution in [0.5, 0.6) is 0 Å². The third kappa shape index (κ3) is 1.97. The van der Waals surface area contributed by atoms with Gasteiger partial charge in [0.05, 0.1) is 22.4 Å². The molecule has 18 heavy (non-hydrogen) atoms. The predicted molar refractivity (Wildman–Crippen MR) is 65.3 cm³/mol. The van der Waals surface area contributed by atoms with Gasteiger partial charge in [0.2, 0.25) is 0 Å². The number of nitrogens with one attached hydrogen (secondary N) is 1. The third-order valence-electron chi connectivity index (χ3n) is 2.43. The van der Waals surface area contributed by atoms with E-state index in [9.17, 15) is 14.9 Å². The number of aromatic amines is 1. The molecule has 1 heterocycles. The molecule has 0 unspecified atom stereocenters. The number of rotatable bonds is 3. The zero-order valence-corrected chi connectivity index (χ0v) is 9.60. The quantitative estimate of drug-likeness (QED) is 0.373. The smallest absolute Gasteiger partial charge is 0.354 e. The summed E-state index contributed by atoms with van der Waals surface area (Å²) in [5, 5.41) is 11.2. The van der Waals surface area contributed by atoms with Crippen LogP contribution < -0.4 is 5.73 Å². The molecule has 1 aromatic heterocycles. The van der Waals surface area contributed by atoms with Crippen LogP contribution in [-0.4, -0.2) is 22.5 Å². The first-order valence-corrected chi connectivity index (χ1v) is 5.26. The Kier molecular flexibility index (Phi) is 2.88. The molecule has 3 N–H and O–H groups in total. The van der Waals surface area contributed by atoms with Gasteiger partial charge in [-0.1, -0.05) is 0 Å². The maximum Gasteiger partial charge on any atom is 0.354 e. The minimum Gasteiger partial charge on any atom is -0.461 e. The van der Waals surface area contributed by atoms with Gasteiger partial charge in [-0.3, -0.25) is 10.1 Å². The molecular weight excluding hydrogens is 238 g/mol. The van der Waals surface area contributed by atoms with Crippen LogP contribution in [0.4, 0.5) is 11.4 Å². The number of hydrogen-bond donors (Lipinski definition) is 2. The Morgan fingerprint density at radius 1 is 1.50 bits per heavy atom. The van der Waals surface area contributed by atoms with E-state index in [2.05, 4.69) is 4.98 Å². The Bertz CT molecular complexity index is 632. The fourth-order valence-electron chi connectivity index (χ4n) is 1.71. The number of nitrogens with zero attached hydrogens (tertiary/aromatic N) is 1. The zero-order chi connectivity index (χ0) is 13.3. The highest BCUT2D eigenvalue weighted by atomic mass is 16.6. The first-order valence-electron chi connectivity index (χ1n) is 5.26. The summed E-state index contributed by atoms with van der Waals surface area (Å²) >= 11 is 0. The van der Waals surface area contributed by atoms with Crippen molar-refractivity contribution in [3.63, 3.8) is 0 Å². The summed E-state index contributed by atoms with van der Waals surface area (Å²) in [5.74, 6) is -0.554. The van der Waals surface area contributed by atoms with E-state index in [1.165, 1.54) is 18.2 Å². The van der Waals surface area contributed by atoms with Gasteiger partial charge in [-0.25, -0.2) is 4.79 Å². The molecule has 0 atom stereocenters. The number of carbonyl (C=O) groups excluding carboxylic acids is 1. The highest BCUT2D eigenvalue weighted by Crippen LogP contribution is 2.29. The molecule has 0 aliphatic carbocycles. The van der Waals surface area contributed by atoms with Crippen LogP contribution in [0.25, 0.3) is 10.9 Å². The second-order valence-electron chi connectivity index (χ2n) is 3.66. The average Bonchev–Trinajstić information content (AvgIpc) is 2.71. The zero-order valence-electron chi connectivity index (χ0n) is 9.60. The topological polar surface area (TPSA) is 111 Å². The summed E-state index contributed by atoms with van der Waals surface area (Å²) < 4.78 is 4.82. The number of nitro groups is 1. The van der Waals surface area contributed by atoms with Crippen LogP contribution >= 0.6 is 0 Å². The fraction of sp³-hybridized carbons (Fsp3) is 0.182. The number of nitro benzene ring substituents is 1. The van der Waals surface area contributed by atoms with Crippen LogP contribution in [-0.2, 0) is 4.74 Å². The lowest BCUT2D eigenvalue weighted by Gasteiger charge is -1.96. The van der Waals surface area contributed by atoms with Crippen molar-refractivity contribution in [2.45, 2.75) is 6.92 Å². The lowest BCUT2D eigenvalue weighted by Crippen LogP contribution is -2.04. The molecule has 0 aliphatic heterocycles. The van der Waals surface area contributed by atoms with Crippen molar-refractivity contribution in [1.29, 1.82) is 0 Å². The second kappa shape index (κ2) is 4.36. The summed E-state index contributed by atoms with van der Waals surface area (Å²) in [6.45, 7) is 1.92. The Hall–Kier alpha value is -2.57. The summed E-state index contributed by atoms with van der Waals surface area (Å²) in [6, 6.07) is 4.18. The second-order valence-corrected chi connectivity index (χ2v) is 3.66. The number of H-pyrrole nitrogens is 1. The van der Waals surface area contributed by atoms with Crippen LogP contribution in [0.15, 0.2) is 18.2 Å². The monoisotopic (exact) mass is 249 g/mol. The summed E-state index contributed by atoms with van der Waals surface area (Å²) in [7, 11) is 0. The van der Waals surface area contributed by atoms with Crippen LogP contribution in [0, 0.1) is 10.1 Å². The largest absolute Gasteiger partial charge is 0.461 e. The lowest BCUT2D eigenvalue weighted by atomic mass is 10.2. The Labute approximate surface area is 102 Å². The van der Waals surface area contributed by atoms with Crippen LogP contribution in [0.3, 0.4) is 0 Å². The standard InChI is InChI=1S/C11H11N3O4/c1-2-18-11(15)9-5-7-8(13-9)3-6(12)4-10(7)14(16)17/h3-5,13H,2,12H2,1H3. The molecule has 1 aromatic carbocycles. The Morgan fingerprint density at radius 3 is 2.83 bits per heavy atom. The normalized spacial score (nSPS) is 10.5. The number of anilines is 1. The number of esters is 1. The van der Waals surface area contributed by atoms with E-state index in [4.69, 9.17) is 10.5 Å². The van der Waals surface area contributed by atoms with E-state index >= 15 is 0 Å². The first-order chi connectivity index (χ1) is 8.52. The van der Waals surface area contributed by atoms with Crippen molar-refractivity contribution in [1.82, 2.24) is 4.98 Å². The maximum atomic E-state index is 11.5. The van der Waals surface area contributed by atoms with Crippen molar-refractivity contribution >= 4 is 28.2 Å². The molecule has 0 amide bonds. The number of hydrogen-bond acceptors (Lipinski definition) is 5. The molecule has 2 aromatic rings. The molecule has 7 heteroatoms. The van der Waals surface area contributed by atoms with Gasteiger partial charge < -0.3 is 15.5 Å². The number of ether oxygens (including phenoxy) is 1. The van der Waals surface area contributed by atoms with Gasteiger partial charge >= 0.3 is 5.97 Å². The molecular formula is C11H11N3O4. The number of fused-ring (bicyclic) bond motifs is 1. The van der Waals surface area contributed by atoms with Crippen LogP contribution in [0.1, 0.15) is 17.4 Å². The predicted octanol–water partition coefficient (Wildman–Crippen LogP) is 1.83. The van der Waals surface area contributed by atoms with Crippen molar-refractivity contribution in [2.24, 2.45) is 0 Å². The molecule has 0 aliphatic rings. The van der Waals surface area contributed by atoms with Gasteiger partial charge in [0.1, 0.15) is 5.69 Å². The summed E-state index contributed by atoms with van der Waals surface area (Å²) in [4.78, 5) is 24.6. The number of nitrogen functional groups attached to an aromatic ring is 1. The SMILES string of the molecule is CCOC(=O)c1cc2c([N+](=O)[O-])cc(N)cc2[nH]1. The van der Waals surface area contributed by atoms with Crippen molar-refractivity contribution in [2.75, 3.05) is 12.3 Å². The van der Waals surface area contributed by atoms with E-state index in [0.29, 0.717) is 10.9 Å². The average molecular weight is 249 g/mol. The Balaban J connectivity index is 2.60. The van der Waals surface area contributed by atoms with E-state index in [1.807, 2.05) is 0 Å². The molecule has 0 bridgehead atoms. The number of nitrogens with two attached hydrogens (primary N) is 1. The Morgan fingerprint density at radius 2 is 2.22 bits per heavy atom. The summed E-state index contributed by atoms with van der Waals surface area (Å²) in [5.41, 5.74) is 6.28. The molecule has 2 rings (SSSR count). The summed E-state index contributed by atoms with van der Waals surface area (Å²) in [6.07, 6.45) is 0. The fourth-order valence-corrected chi connectivity index (χ4v) is 1.71. The minimum absolute atomic E-state index is 0.142. The highest BCUT2D eigenvalue weighted by molar-refractivity contribution is 5.99. The maximum absolute atomic E-state index is 11.5. The van der Waals surface area contributed by atoms with Crippen LogP contribution in [0.2, 0.25) is 0 Å². The van der Waals surface area contributed by atoms with Gasteiger partial charge in [0, 0.05) is 11.8 Å². The van der Waals surface area contributed by atoms with Gasteiger partial charge in [-0.2, -0.15) is 0 Å². The van der Waals surface area contributed by atoms with E-state index in [0.717, 1.165) is 0 Å². The first kappa shape index (κ1) is 11.9. The molecule has 94 valence electrons. The minimum atomic E-state index is -0.554. The van der Waals surface area contributed by atoms with Crippen molar-refractivity contribution < 1.29 is 14.5 Å². The van der Waals surface area contributed by atoms with Gasteiger partial charge in [0.25, 0.3) is 5.69 Å². The molecule has 0 fully saturated rings.